The number of aromatic nitrogens is 4. The lowest BCUT2D eigenvalue weighted by Crippen LogP contribution is -2.21. The van der Waals surface area contributed by atoms with Gasteiger partial charge in [0.15, 0.2) is 5.16 Å². The van der Waals surface area contributed by atoms with Crippen molar-refractivity contribution in [2.45, 2.75) is 37.1 Å². The highest BCUT2D eigenvalue weighted by atomic mass is 32.2. The number of nitrogens with one attached hydrogen (secondary N) is 1. The second-order valence-electron chi connectivity index (χ2n) is 8.72. The molecule has 1 unspecified atom stereocenters. The Morgan fingerprint density at radius 3 is 2.74 bits per heavy atom. The first-order valence-corrected chi connectivity index (χ1v) is 13.1. The largest absolute Gasteiger partial charge is 0.309 e. The first kappa shape index (κ1) is 21.3. The summed E-state index contributed by atoms with van der Waals surface area (Å²) in [5.74, 6) is 1.64. The van der Waals surface area contributed by atoms with Gasteiger partial charge in [-0.1, -0.05) is 49.0 Å². The summed E-state index contributed by atoms with van der Waals surface area (Å²) in [5.41, 5.74) is 2.40. The molecule has 34 heavy (non-hydrogen) atoms. The lowest BCUT2D eigenvalue weighted by molar-refractivity contribution is 0.509. The Morgan fingerprint density at radius 1 is 1.09 bits per heavy atom. The Balaban J connectivity index is 1.41. The predicted molar refractivity (Wildman–Crippen MR) is 138 cm³/mol. The Kier molecular flexibility index (Phi) is 5.34. The smallest absolute Gasteiger partial charge is 0.266 e. The van der Waals surface area contributed by atoms with E-state index in [1.54, 1.807) is 22.0 Å². The lowest BCUT2D eigenvalue weighted by Gasteiger charge is -2.17. The highest BCUT2D eigenvalue weighted by Gasteiger charge is 2.23. The van der Waals surface area contributed by atoms with Gasteiger partial charge in [-0.25, -0.2) is 9.97 Å². The fraction of sp³-hybridized carbons (Fsp3) is 0.231. The number of H-pyrrole nitrogens is 1. The fourth-order valence-corrected chi connectivity index (χ4v) is 6.89. The number of fused-ring (bicyclic) bond motifs is 4. The van der Waals surface area contributed by atoms with Crippen molar-refractivity contribution in [2.24, 2.45) is 5.92 Å². The minimum atomic E-state index is -0.115. The van der Waals surface area contributed by atoms with Gasteiger partial charge in [0.25, 0.3) is 11.1 Å². The molecule has 170 valence electrons. The van der Waals surface area contributed by atoms with Crippen LogP contribution in [0.2, 0.25) is 0 Å². The quantitative estimate of drug-likeness (QED) is 0.282. The van der Waals surface area contributed by atoms with Crippen LogP contribution in [0, 0.1) is 5.92 Å². The average Bonchev–Trinajstić information content (AvgIpc) is 3.21. The van der Waals surface area contributed by atoms with Crippen molar-refractivity contribution >= 4 is 44.2 Å². The number of thiophene rings is 1. The van der Waals surface area contributed by atoms with Gasteiger partial charge in [-0.3, -0.25) is 14.2 Å². The molecule has 0 aliphatic heterocycles. The number of hydrogen-bond donors (Lipinski definition) is 1. The maximum absolute atomic E-state index is 13.4. The zero-order valence-corrected chi connectivity index (χ0v) is 20.2. The Bertz CT molecular complexity index is 1650. The summed E-state index contributed by atoms with van der Waals surface area (Å²) in [4.78, 5) is 41.0. The number of para-hydroxylation sites is 2. The van der Waals surface area contributed by atoms with Crippen molar-refractivity contribution in [3.05, 3.63) is 91.6 Å². The molecule has 3 heterocycles. The van der Waals surface area contributed by atoms with E-state index >= 15 is 0 Å². The Labute approximate surface area is 203 Å². The number of hydrogen-bond acceptors (Lipinski definition) is 6. The van der Waals surface area contributed by atoms with E-state index in [0.717, 1.165) is 35.2 Å². The number of rotatable bonds is 4. The van der Waals surface area contributed by atoms with Gasteiger partial charge in [0, 0.05) is 4.88 Å². The summed E-state index contributed by atoms with van der Waals surface area (Å²) < 4.78 is 1.63. The molecule has 0 saturated heterocycles. The number of nitrogens with zero attached hydrogens (tertiary/aromatic N) is 3. The zero-order chi connectivity index (χ0) is 23.2. The molecule has 1 N–H and O–H groups in total. The van der Waals surface area contributed by atoms with Crippen LogP contribution in [0.4, 0.5) is 0 Å². The summed E-state index contributed by atoms with van der Waals surface area (Å²) in [5, 5.41) is 1.89. The van der Waals surface area contributed by atoms with Crippen molar-refractivity contribution in [1.82, 2.24) is 19.5 Å². The topological polar surface area (TPSA) is 80.6 Å². The van der Waals surface area contributed by atoms with Gasteiger partial charge in [-0.15, -0.1) is 11.3 Å². The molecule has 8 heteroatoms. The van der Waals surface area contributed by atoms with Crippen LogP contribution in [-0.2, 0) is 18.6 Å². The second kappa shape index (κ2) is 8.52. The monoisotopic (exact) mass is 486 g/mol. The summed E-state index contributed by atoms with van der Waals surface area (Å²) in [6.45, 7) is 2.26. The van der Waals surface area contributed by atoms with Crippen LogP contribution in [0.25, 0.3) is 26.8 Å². The Morgan fingerprint density at radius 2 is 1.88 bits per heavy atom. The van der Waals surface area contributed by atoms with Crippen molar-refractivity contribution in [2.75, 3.05) is 0 Å². The number of aryl methyl sites for hydroxylation is 1. The molecule has 6 nitrogen and oxygen atoms in total. The fourth-order valence-electron chi connectivity index (χ4n) is 4.61. The van der Waals surface area contributed by atoms with Crippen LogP contribution in [0.15, 0.2) is 69.3 Å². The number of aromatic amines is 1. The molecule has 0 spiro atoms. The highest BCUT2D eigenvalue weighted by molar-refractivity contribution is 7.98. The minimum absolute atomic E-state index is 0.0698. The molecule has 0 bridgehead atoms. The summed E-state index contributed by atoms with van der Waals surface area (Å²) in [6, 6.07) is 16.9. The van der Waals surface area contributed by atoms with Crippen LogP contribution in [0.5, 0.6) is 0 Å². The highest BCUT2D eigenvalue weighted by Crippen LogP contribution is 2.36. The normalized spacial score (nSPS) is 15.6. The van der Waals surface area contributed by atoms with Crippen LogP contribution in [-0.4, -0.2) is 19.5 Å². The zero-order valence-electron chi connectivity index (χ0n) is 18.6. The van der Waals surface area contributed by atoms with Gasteiger partial charge in [-0.05, 0) is 55.0 Å². The molecule has 0 saturated carbocycles. The average molecular weight is 487 g/mol. The van der Waals surface area contributed by atoms with Crippen LogP contribution < -0.4 is 11.1 Å². The van der Waals surface area contributed by atoms with E-state index in [1.807, 2.05) is 48.5 Å². The van der Waals surface area contributed by atoms with Crippen molar-refractivity contribution in [1.29, 1.82) is 0 Å². The van der Waals surface area contributed by atoms with Crippen LogP contribution in [0.1, 0.15) is 29.6 Å². The van der Waals surface area contributed by atoms with Gasteiger partial charge < -0.3 is 4.98 Å². The molecule has 3 aromatic heterocycles. The van der Waals surface area contributed by atoms with Crippen molar-refractivity contribution in [3.8, 4) is 5.69 Å². The van der Waals surface area contributed by atoms with Crippen molar-refractivity contribution in [3.63, 3.8) is 0 Å². The minimum Gasteiger partial charge on any atom is -0.309 e. The molecule has 1 atom stereocenters. The summed E-state index contributed by atoms with van der Waals surface area (Å²) in [7, 11) is 0. The number of thioether (sulfide) groups is 1. The maximum atomic E-state index is 13.4. The Hall–Kier alpha value is -3.23. The lowest BCUT2D eigenvalue weighted by atomic mass is 9.89. The van der Waals surface area contributed by atoms with Gasteiger partial charge in [0.2, 0.25) is 0 Å². The van der Waals surface area contributed by atoms with Gasteiger partial charge in [0.1, 0.15) is 10.7 Å². The third-order valence-electron chi connectivity index (χ3n) is 6.31. The van der Waals surface area contributed by atoms with Crippen molar-refractivity contribution < 1.29 is 0 Å². The van der Waals surface area contributed by atoms with E-state index in [9.17, 15) is 9.59 Å². The van der Waals surface area contributed by atoms with Gasteiger partial charge in [-0.2, -0.15) is 0 Å². The molecular weight excluding hydrogens is 464 g/mol. The van der Waals surface area contributed by atoms with Crippen LogP contribution in [0.3, 0.4) is 0 Å². The van der Waals surface area contributed by atoms with Crippen LogP contribution >= 0.6 is 23.1 Å². The van der Waals surface area contributed by atoms with E-state index in [1.165, 1.54) is 22.2 Å². The predicted octanol–water partition coefficient (Wildman–Crippen LogP) is 5.10. The molecule has 2 aromatic carbocycles. The molecular formula is C26H22N4O2S2. The number of benzene rings is 2. The summed E-state index contributed by atoms with van der Waals surface area (Å²) >= 11 is 3.05. The van der Waals surface area contributed by atoms with Gasteiger partial charge in [0.05, 0.1) is 27.7 Å². The van der Waals surface area contributed by atoms with E-state index in [-0.39, 0.29) is 11.1 Å². The maximum Gasteiger partial charge on any atom is 0.266 e. The molecule has 1 aliphatic rings. The summed E-state index contributed by atoms with van der Waals surface area (Å²) in [6.07, 6.45) is 3.07. The third kappa shape index (κ3) is 3.67. The molecule has 0 radical (unpaired) electrons. The first-order valence-electron chi connectivity index (χ1n) is 11.3. The second-order valence-corrected chi connectivity index (χ2v) is 10.7. The molecule has 0 fully saturated rings. The third-order valence-corrected chi connectivity index (χ3v) is 8.41. The van der Waals surface area contributed by atoms with E-state index in [0.29, 0.717) is 33.6 Å². The molecule has 5 aromatic rings. The van der Waals surface area contributed by atoms with E-state index < -0.39 is 0 Å². The van der Waals surface area contributed by atoms with Gasteiger partial charge >= 0.3 is 0 Å². The molecule has 1 aliphatic carbocycles. The van der Waals surface area contributed by atoms with E-state index in [4.69, 9.17) is 9.97 Å². The molecule has 0 amide bonds. The molecule has 6 rings (SSSR count). The van der Waals surface area contributed by atoms with E-state index in [2.05, 4.69) is 11.9 Å². The SMILES string of the molecule is CC1CCc2c(sc3nc(CSc4nc5ccccc5c(=O)n4-c4ccccc4)[nH]c(=O)c23)C1. The first-order chi connectivity index (χ1) is 16.6. The standard InChI is InChI=1S/C26H22N4O2S2/c1-15-11-12-18-20(13-15)34-24-22(18)23(31)28-21(29-24)14-33-26-27-19-10-6-5-9-17(19)25(32)30(26)16-7-3-2-4-8-16/h2-10,15H,11-14H2,1H3,(H,28,29,31).